The van der Waals surface area contributed by atoms with Gasteiger partial charge in [-0.05, 0) is 18.4 Å². The lowest BCUT2D eigenvalue weighted by Crippen LogP contribution is -2.38. The van der Waals surface area contributed by atoms with E-state index in [1.165, 1.54) is 5.57 Å². The molecule has 1 aromatic carbocycles. The summed E-state index contributed by atoms with van der Waals surface area (Å²) in [5.41, 5.74) is 2.11. The Bertz CT molecular complexity index is 561. The topological polar surface area (TPSA) is 38.8 Å². The Balaban J connectivity index is 1.69. The molecule has 23 heavy (non-hydrogen) atoms. The standard InChI is InChI=1S/C19H25NO3/c1-22-18-8-7-16(19(21)15-5-3-2-4-6-15)13-17(18)14-20-9-11-23-12-10-20/h2-6,16H,7-14H2,1H3. The van der Waals surface area contributed by atoms with E-state index in [9.17, 15) is 4.79 Å². The van der Waals surface area contributed by atoms with Gasteiger partial charge in [0, 0.05) is 37.5 Å². The minimum Gasteiger partial charge on any atom is -0.501 e. The van der Waals surface area contributed by atoms with Crippen molar-refractivity contribution in [3.05, 3.63) is 47.2 Å². The number of ether oxygens (including phenoxy) is 2. The smallest absolute Gasteiger partial charge is 0.166 e. The molecule has 0 N–H and O–H groups in total. The van der Waals surface area contributed by atoms with Crippen LogP contribution in [0, 0.1) is 5.92 Å². The summed E-state index contributed by atoms with van der Waals surface area (Å²) < 4.78 is 11.0. The van der Waals surface area contributed by atoms with E-state index in [0.29, 0.717) is 0 Å². The molecule has 0 spiro atoms. The number of carbonyl (C=O) groups is 1. The first-order valence-electron chi connectivity index (χ1n) is 8.42. The average molecular weight is 315 g/mol. The number of methoxy groups -OCH3 is 1. The molecule has 124 valence electrons. The molecule has 1 aliphatic heterocycles. The predicted molar refractivity (Wildman–Crippen MR) is 89.4 cm³/mol. The Hall–Kier alpha value is -1.65. The van der Waals surface area contributed by atoms with Crippen LogP contribution in [0.25, 0.3) is 0 Å². The molecule has 1 saturated heterocycles. The fourth-order valence-corrected chi connectivity index (χ4v) is 3.49. The maximum atomic E-state index is 12.7. The van der Waals surface area contributed by atoms with Crippen LogP contribution in [0.1, 0.15) is 29.6 Å². The number of hydrogen-bond acceptors (Lipinski definition) is 4. The summed E-state index contributed by atoms with van der Waals surface area (Å²) in [7, 11) is 1.74. The second kappa shape index (κ2) is 7.75. The number of Topliss-reactive ketones (excluding diaryl/α,β-unsaturated/α-hetero) is 1. The van der Waals surface area contributed by atoms with Gasteiger partial charge in [-0.25, -0.2) is 0 Å². The summed E-state index contributed by atoms with van der Waals surface area (Å²) in [6.45, 7) is 4.39. The zero-order valence-electron chi connectivity index (χ0n) is 13.8. The van der Waals surface area contributed by atoms with Crippen LogP contribution in [-0.4, -0.2) is 50.6 Å². The van der Waals surface area contributed by atoms with Crippen molar-refractivity contribution < 1.29 is 14.3 Å². The van der Waals surface area contributed by atoms with Crippen molar-refractivity contribution in [2.75, 3.05) is 40.0 Å². The lowest BCUT2D eigenvalue weighted by Gasteiger charge is -2.32. The zero-order valence-corrected chi connectivity index (χ0v) is 13.8. The van der Waals surface area contributed by atoms with E-state index >= 15 is 0 Å². The number of ketones is 1. The molecule has 1 aliphatic carbocycles. The van der Waals surface area contributed by atoms with Crippen LogP contribution in [0.2, 0.25) is 0 Å². The fourth-order valence-electron chi connectivity index (χ4n) is 3.49. The molecular weight excluding hydrogens is 290 g/mol. The normalized spacial score (nSPS) is 22.9. The molecule has 1 unspecified atom stereocenters. The highest BCUT2D eigenvalue weighted by atomic mass is 16.5. The molecule has 1 atom stereocenters. The highest BCUT2D eigenvalue weighted by Gasteiger charge is 2.28. The number of benzene rings is 1. The lowest BCUT2D eigenvalue weighted by molar-refractivity contribution is 0.0405. The van der Waals surface area contributed by atoms with Crippen molar-refractivity contribution in [2.45, 2.75) is 19.3 Å². The molecule has 1 heterocycles. The molecule has 0 amide bonds. The van der Waals surface area contributed by atoms with Crippen LogP contribution < -0.4 is 0 Å². The molecule has 0 bridgehead atoms. The first kappa shape index (κ1) is 16.2. The van der Waals surface area contributed by atoms with Gasteiger partial charge in [0.2, 0.25) is 0 Å². The number of nitrogens with zero attached hydrogens (tertiary/aromatic N) is 1. The predicted octanol–water partition coefficient (Wildman–Crippen LogP) is 2.90. The summed E-state index contributed by atoms with van der Waals surface area (Å²) in [5.74, 6) is 1.42. The van der Waals surface area contributed by atoms with Crippen LogP contribution in [0.3, 0.4) is 0 Å². The molecule has 3 rings (SSSR count). The van der Waals surface area contributed by atoms with Crippen molar-refractivity contribution in [3.8, 4) is 0 Å². The van der Waals surface area contributed by atoms with Crippen molar-refractivity contribution >= 4 is 5.78 Å². The van der Waals surface area contributed by atoms with Crippen molar-refractivity contribution in [1.29, 1.82) is 0 Å². The zero-order chi connectivity index (χ0) is 16.1. The van der Waals surface area contributed by atoms with E-state index in [0.717, 1.165) is 63.4 Å². The van der Waals surface area contributed by atoms with Crippen LogP contribution in [0.15, 0.2) is 41.7 Å². The summed E-state index contributed by atoms with van der Waals surface area (Å²) in [6, 6.07) is 9.64. The minimum atomic E-state index is 0.0762. The summed E-state index contributed by atoms with van der Waals surface area (Å²) >= 11 is 0. The van der Waals surface area contributed by atoms with E-state index in [-0.39, 0.29) is 11.7 Å². The lowest BCUT2D eigenvalue weighted by atomic mass is 9.82. The Labute approximate surface area is 138 Å². The van der Waals surface area contributed by atoms with E-state index < -0.39 is 0 Å². The second-order valence-electron chi connectivity index (χ2n) is 6.29. The number of allylic oxidation sites excluding steroid dienone is 1. The average Bonchev–Trinajstić information content (AvgIpc) is 2.62. The van der Waals surface area contributed by atoms with Crippen LogP contribution in [0.5, 0.6) is 0 Å². The maximum Gasteiger partial charge on any atom is 0.166 e. The molecular formula is C19H25NO3. The Kier molecular flexibility index (Phi) is 5.47. The van der Waals surface area contributed by atoms with Crippen molar-refractivity contribution in [2.24, 2.45) is 5.92 Å². The van der Waals surface area contributed by atoms with Crippen LogP contribution in [-0.2, 0) is 9.47 Å². The van der Waals surface area contributed by atoms with Gasteiger partial charge in [0.05, 0.1) is 26.1 Å². The molecule has 0 saturated carbocycles. The molecule has 2 aliphatic rings. The molecule has 1 aromatic rings. The number of carbonyl (C=O) groups excluding carboxylic acids is 1. The summed E-state index contributed by atoms with van der Waals surface area (Å²) in [5, 5.41) is 0. The van der Waals surface area contributed by atoms with Gasteiger partial charge in [-0.15, -0.1) is 0 Å². The van der Waals surface area contributed by atoms with Gasteiger partial charge in [-0.1, -0.05) is 30.3 Å². The number of morpholine rings is 1. The van der Waals surface area contributed by atoms with Gasteiger partial charge in [0.25, 0.3) is 0 Å². The van der Waals surface area contributed by atoms with E-state index in [1.807, 2.05) is 30.3 Å². The minimum absolute atomic E-state index is 0.0762. The first-order valence-corrected chi connectivity index (χ1v) is 8.42. The Morgan fingerprint density at radius 2 is 2.00 bits per heavy atom. The third-order valence-corrected chi connectivity index (χ3v) is 4.80. The van der Waals surface area contributed by atoms with Crippen LogP contribution in [0.4, 0.5) is 0 Å². The van der Waals surface area contributed by atoms with Gasteiger partial charge in [-0.2, -0.15) is 0 Å². The van der Waals surface area contributed by atoms with Gasteiger partial charge >= 0.3 is 0 Å². The molecule has 1 fully saturated rings. The quantitative estimate of drug-likeness (QED) is 0.783. The van der Waals surface area contributed by atoms with Gasteiger partial charge in [0.1, 0.15) is 0 Å². The van der Waals surface area contributed by atoms with Gasteiger partial charge in [-0.3, -0.25) is 9.69 Å². The largest absolute Gasteiger partial charge is 0.501 e. The molecule has 0 radical (unpaired) electrons. The van der Waals surface area contributed by atoms with E-state index in [1.54, 1.807) is 7.11 Å². The third kappa shape index (κ3) is 4.01. The Morgan fingerprint density at radius 1 is 1.26 bits per heavy atom. The van der Waals surface area contributed by atoms with E-state index in [4.69, 9.17) is 9.47 Å². The van der Waals surface area contributed by atoms with Crippen molar-refractivity contribution in [1.82, 2.24) is 4.90 Å². The number of rotatable bonds is 5. The SMILES string of the molecule is COC1=C(CN2CCOCC2)CC(C(=O)c2ccccc2)CC1. The summed E-state index contributed by atoms with van der Waals surface area (Å²) in [4.78, 5) is 15.1. The highest BCUT2D eigenvalue weighted by molar-refractivity contribution is 5.98. The molecule has 4 nitrogen and oxygen atoms in total. The van der Waals surface area contributed by atoms with Crippen molar-refractivity contribution in [3.63, 3.8) is 0 Å². The number of hydrogen-bond donors (Lipinski definition) is 0. The van der Waals surface area contributed by atoms with Crippen LogP contribution >= 0.6 is 0 Å². The summed E-state index contributed by atoms with van der Waals surface area (Å²) in [6.07, 6.45) is 2.55. The molecule has 4 heteroatoms. The maximum absolute atomic E-state index is 12.7. The fraction of sp³-hybridized carbons (Fsp3) is 0.526. The Morgan fingerprint density at radius 3 is 2.70 bits per heavy atom. The first-order chi connectivity index (χ1) is 11.3. The van der Waals surface area contributed by atoms with Gasteiger partial charge in [0.15, 0.2) is 5.78 Å². The molecule has 0 aromatic heterocycles. The van der Waals surface area contributed by atoms with E-state index in [2.05, 4.69) is 4.90 Å². The van der Waals surface area contributed by atoms with Gasteiger partial charge < -0.3 is 9.47 Å². The second-order valence-corrected chi connectivity index (χ2v) is 6.29. The third-order valence-electron chi connectivity index (χ3n) is 4.80. The monoisotopic (exact) mass is 315 g/mol. The highest BCUT2D eigenvalue weighted by Crippen LogP contribution is 2.32.